The number of alkyl carbamates (subject to hydrolysis) is 1. The summed E-state index contributed by atoms with van der Waals surface area (Å²) in [6.07, 6.45) is -0.659. The molecule has 0 saturated carbocycles. The molecule has 0 spiro atoms. The lowest BCUT2D eigenvalue weighted by Gasteiger charge is -2.22. The van der Waals surface area contributed by atoms with E-state index in [4.69, 9.17) is 21.1 Å². The van der Waals surface area contributed by atoms with Gasteiger partial charge in [0, 0.05) is 6.07 Å². The summed E-state index contributed by atoms with van der Waals surface area (Å²) in [5.41, 5.74) is 1.30. The third kappa shape index (κ3) is 6.18. The van der Waals surface area contributed by atoms with Gasteiger partial charge in [0.1, 0.15) is 18.4 Å². The molecule has 7 heteroatoms. The van der Waals surface area contributed by atoms with Gasteiger partial charge in [-0.3, -0.25) is 4.79 Å². The van der Waals surface area contributed by atoms with Crippen LogP contribution in [0, 0.1) is 5.92 Å². The van der Waals surface area contributed by atoms with E-state index in [-0.39, 0.29) is 18.4 Å². The van der Waals surface area contributed by atoms with Crippen LogP contribution in [0.4, 0.5) is 10.5 Å². The molecule has 0 unspecified atom stereocenters. The highest BCUT2D eigenvalue weighted by molar-refractivity contribution is 6.33. The van der Waals surface area contributed by atoms with Crippen molar-refractivity contribution < 1.29 is 19.1 Å². The van der Waals surface area contributed by atoms with Crippen molar-refractivity contribution in [3.8, 4) is 5.75 Å². The van der Waals surface area contributed by atoms with Gasteiger partial charge in [0.05, 0.1) is 17.8 Å². The number of amides is 2. The molecule has 2 rings (SSSR count). The van der Waals surface area contributed by atoms with Crippen molar-refractivity contribution in [2.24, 2.45) is 5.92 Å². The minimum atomic E-state index is -0.772. The van der Waals surface area contributed by atoms with E-state index in [0.29, 0.717) is 16.5 Å². The number of methoxy groups -OCH3 is 1. The Balaban J connectivity index is 1.97. The highest BCUT2D eigenvalue weighted by atomic mass is 35.5. The van der Waals surface area contributed by atoms with Crippen molar-refractivity contribution in [1.82, 2.24) is 5.32 Å². The van der Waals surface area contributed by atoms with Crippen LogP contribution in [0.3, 0.4) is 0 Å². The maximum atomic E-state index is 12.6. The number of benzene rings is 2. The zero-order valence-corrected chi connectivity index (χ0v) is 16.2. The number of hydrogen-bond donors (Lipinski definition) is 2. The summed E-state index contributed by atoms with van der Waals surface area (Å²) in [5, 5.41) is 5.68. The number of ether oxygens (including phenoxy) is 2. The van der Waals surface area contributed by atoms with Crippen molar-refractivity contribution in [3.63, 3.8) is 0 Å². The Bertz CT molecular complexity index is 781. The molecule has 0 aromatic heterocycles. The summed E-state index contributed by atoms with van der Waals surface area (Å²) in [7, 11) is 1.53. The summed E-state index contributed by atoms with van der Waals surface area (Å²) in [4.78, 5) is 24.7. The lowest BCUT2D eigenvalue weighted by Crippen LogP contribution is -2.47. The van der Waals surface area contributed by atoms with Crippen LogP contribution >= 0.6 is 11.6 Å². The molecule has 0 aliphatic carbocycles. The quantitative estimate of drug-likeness (QED) is 0.741. The maximum absolute atomic E-state index is 12.6. The van der Waals surface area contributed by atoms with Crippen LogP contribution in [0.1, 0.15) is 19.4 Å². The lowest BCUT2D eigenvalue weighted by molar-refractivity contribution is -0.119. The maximum Gasteiger partial charge on any atom is 0.408 e. The number of anilines is 1. The number of nitrogens with one attached hydrogen (secondary N) is 2. The fraction of sp³-hybridized carbons (Fsp3) is 0.300. The summed E-state index contributed by atoms with van der Waals surface area (Å²) in [6, 6.07) is 13.5. The number of rotatable bonds is 7. The molecule has 0 bridgehead atoms. The molecule has 1 atom stereocenters. The second-order valence-electron chi connectivity index (χ2n) is 6.26. The average Bonchev–Trinajstić information content (AvgIpc) is 2.66. The smallest absolute Gasteiger partial charge is 0.408 e. The van der Waals surface area contributed by atoms with Gasteiger partial charge in [-0.2, -0.15) is 0 Å². The van der Waals surface area contributed by atoms with Crippen molar-refractivity contribution in [1.29, 1.82) is 0 Å². The van der Waals surface area contributed by atoms with Crippen LogP contribution in [0.5, 0.6) is 5.75 Å². The summed E-state index contributed by atoms with van der Waals surface area (Å²) < 4.78 is 10.3. The largest absolute Gasteiger partial charge is 0.497 e. The van der Waals surface area contributed by atoms with Gasteiger partial charge in [0.25, 0.3) is 0 Å². The monoisotopic (exact) mass is 390 g/mol. The molecule has 27 heavy (non-hydrogen) atoms. The standard InChI is InChI=1S/C20H23ClN2O4/c1-13(2)18(23-20(25)27-12-14-7-5-4-6-8-14)19(24)22-17-10-9-15(26-3)11-16(17)21/h4-11,13,18H,12H2,1-3H3,(H,22,24)(H,23,25)/t18-/m0/s1. The molecule has 0 radical (unpaired) electrons. The molecule has 2 aromatic carbocycles. The van der Waals surface area contributed by atoms with Crippen LogP contribution in [0.15, 0.2) is 48.5 Å². The zero-order chi connectivity index (χ0) is 19.8. The first-order chi connectivity index (χ1) is 12.9. The van der Waals surface area contributed by atoms with E-state index in [9.17, 15) is 9.59 Å². The summed E-state index contributed by atoms with van der Waals surface area (Å²) >= 11 is 6.15. The van der Waals surface area contributed by atoms with Gasteiger partial charge in [-0.25, -0.2) is 4.79 Å². The summed E-state index contributed by atoms with van der Waals surface area (Å²) in [5.74, 6) is 0.0565. The molecular weight excluding hydrogens is 368 g/mol. The highest BCUT2D eigenvalue weighted by Crippen LogP contribution is 2.27. The lowest BCUT2D eigenvalue weighted by atomic mass is 10.0. The number of hydrogen-bond acceptors (Lipinski definition) is 4. The van der Waals surface area contributed by atoms with Gasteiger partial charge < -0.3 is 20.1 Å². The van der Waals surface area contributed by atoms with Crippen molar-refractivity contribution in [3.05, 3.63) is 59.1 Å². The van der Waals surface area contributed by atoms with E-state index in [1.165, 1.54) is 7.11 Å². The van der Waals surface area contributed by atoms with Gasteiger partial charge in [-0.15, -0.1) is 0 Å². The molecule has 0 fully saturated rings. The van der Waals surface area contributed by atoms with Crippen LogP contribution in [0.2, 0.25) is 5.02 Å². The van der Waals surface area contributed by atoms with Crippen molar-refractivity contribution in [2.75, 3.05) is 12.4 Å². The fourth-order valence-corrected chi connectivity index (χ4v) is 2.58. The van der Waals surface area contributed by atoms with Gasteiger partial charge >= 0.3 is 6.09 Å². The van der Waals surface area contributed by atoms with Crippen molar-refractivity contribution in [2.45, 2.75) is 26.5 Å². The van der Waals surface area contributed by atoms with Gasteiger partial charge in [0.15, 0.2) is 0 Å². The molecular formula is C20H23ClN2O4. The second-order valence-corrected chi connectivity index (χ2v) is 6.67. The predicted octanol–water partition coefficient (Wildman–Crippen LogP) is 4.24. The second kappa shape index (κ2) is 9.83. The highest BCUT2D eigenvalue weighted by Gasteiger charge is 2.25. The Morgan fingerprint density at radius 2 is 1.81 bits per heavy atom. The molecule has 0 aliphatic heterocycles. The molecule has 0 heterocycles. The number of halogens is 1. The van der Waals surface area contributed by atoms with Crippen molar-refractivity contribution >= 4 is 29.3 Å². The first-order valence-electron chi connectivity index (χ1n) is 8.52. The van der Waals surface area contributed by atoms with Gasteiger partial charge in [0.2, 0.25) is 5.91 Å². The third-order valence-corrected chi connectivity index (χ3v) is 4.18. The topological polar surface area (TPSA) is 76.7 Å². The molecule has 2 aromatic rings. The molecule has 0 saturated heterocycles. The van der Waals surface area contributed by atoms with E-state index in [1.54, 1.807) is 18.2 Å². The Kier molecular flexibility index (Phi) is 7.49. The van der Waals surface area contributed by atoms with Crippen LogP contribution in [-0.2, 0) is 16.1 Å². The molecule has 2 N–H and O–H groups in total. The Hall–Kier alpha value is -2.73. The van der Waals surface area contributed by atoms with Crippen LogP contribution < -0.4 is 15.4 Å². The molecule has 144 valence electrons. The van der Waals surface area contributed by atoms with Gasteiger partial charge in [-0.05, 0) is 23.6 Å². The predicted molar refractivity (Wildman–Crippen MR) is 105 cm³/mol. The average molecular weight is 391 g/mol. The first-order valence-corrected chi connectivity index (χ1v) is 8.90. The van der Waals surface area contributed by atoms with E-state index < -0.39 is 12.1 Å². The van der Waals surface area contributed by atoms with Crippen LogP contribution in [-0.4, -0.2) is 25.2 Å². The Labute approximate surface area is 163 Å². The minimum Gasteiger partial charge on any atom is -0.497 e. The van der Waals surface area contributed by atoms with E-state index in [0.717, 1.165) is 5.56 Å². The number of carbonyl (C=O) groups excluding carboxylic acids is 2. The number of carbonyl (C=O) groups is 2. The Morgan fingerprint density at radius 3 is 2.41 bits per heavy atom. The Morgan fingerprint density at radius 1 is 1.11 bits per heavy atom. The molecule has 0 aliphatic rings. The van der Waals surface area contributed by atoms with Gasteiger partial charge in [-0.1, -0.05) is 55.8 Å². The zero-order valence-electron chi connectivity index (χ0n) is 15.5. The fourth-order valence-electron chi connectivity index (χ4n) is 2.36. The first kappa shape index (κ1) is 20.6. The van der Waals surface area contributed by atoms with E-state index >= 15 is 0 Å². The molecule has 6 nitrogen and oxygen atoms in total. The SMILES string of the molecule is COc1ccc(NC(=O)[C@@H](NC(=O)OCc2ccccc2)C(C)C)c(Cl)c1. The third-order valence-electron chi connectivity index (χ3n) is 3.87. The summed E-state index contributed by atoms with van der Waals surface area (Å²) in [6.45, 7) is 3.79. The molecule has 2 amide bonds. The van der Waals surface area contributed by atoms with E-state index in [1.807, 2.05) is 44.2 Å². The minimum absolute atomic E-state index is 0.128. The van der Waals surface area contributed by atoms with E-state index in [2.05, 4.69) is 10.6 Å². The van der Waals surface area contributed by atoms with Crippen LogP contribution in [0.25, 0.3) is 0 Å². The normalized spacial score (nSPS) is 11.6.